The highest BCUT2D eigenvalue weighted by Gasteiger charge is 2.12. The molecule has 1 aromatic heterocycles. The zero-order chi connectivity index (χ0) is 14.0. The SMILES string of the molecule is Cc1cc(F)cc(NCc2cc(C(=O)O)oc2C)c1. The maximum atomic E-state index is 13.2. The summed E-state index contributed by atoms with van der Waals surface area (Å²) in [5, 5.41) is 11.9. The zero-order valence-electron chi connectivity index (χ0n) is 10.7. The number of furan rings is 1. The molecule has 4 nitrogen and oxygen atoms in total. The molecule has 0 fully saturated rings. The van der Waals surface area contributed by atoms with Crippen LogP contribution >= 0.6 is 0 Å². The summed E-state index contributed by atoms with van der Waals surface area (Å²) >= 11 is 0. The van der Waals surface area contributed by atoms with Crippen molar-refractivity contribution in [1.82, 2.24) is 0 Å². The van der Waals surface area contributed by atoms with Crippen LogP contribution in [0.15, 0.2) is 28.7 Å². The van der Waals surface area contributed by atoms with Crippen molar-refractivity contribution in [2.24, 2.45) is 0 Å². The number of carboxylic acids is 1. The van der Waals surface area contributed by atoms with Crippen molar-refractivity contribution < 1.29 is 18.7 Å². The van der Waals surface area contributed by atoms with Gasteiger partial charge in [-0.15, -0.1) is 0 Å². The molecular formula is C14H14FNO3. The van der Waals surface area contributed by atoms with E-state index >= 15 is 0 Å². The molecule has 2 N–H and O–H groups in total. The van der Waals surface area contributed by atoms with Gasteiger partial charge in [0.15, 0.2) is 0 Å². The fourth-order valence-electron chi connectivity index (χ4n) is 1.84. The number of carboxylic acid groups (broad SMARTS) is 1. The third-order valence-electron chi connectivity index (χ3n) is 2.76. The first-order valence-corrected chi connectivity index (χ1v) is 5.79. The van der Waals surface area contributed by atoms with Gasteiger partial charge in [-0.1, -0.05) is 0 Å². The highest BCUT2D eigenvalue weighted by atomic mass is 19.1. The molecular weight excluding hydrogens is 249 g/mol. The number of carbonyl (C=O) groups is 1. The van der Waals surface area contributed by atoms with Gasteiger partial charge in [-0.3, -0.25) is 0 Å². The summed E-state index contributed by atoms with van der Waals surface area (Å²) < 4.78 is 18.3. The smallest absolute Gasteiger partial charge is 0.371 e. The minimum Gasteiger partial charge on any atom is -0.475 e. The summed E-state index contributed by atoms with van der Waals surface area (Å²) in [6.45, 7) is 3.88. The third-order valence-corrected chi connectivity index (χ3v) is 2.76. The second kappa shape index (κ2) is 5.14. The molecule has 100 valence electrons. The summed E-state index contributed by atoms with van der Waals surface area (Å²) in [4.78, 5) is 10.8. The first-order chi connectivity index (χ1) is 8.95. The van der Waals surface area contributed by atoms with Crippen LogP contribution in [0.4, 0.5) is 10.1 Å². The second-order valence-corrected chi connectivity index (χ2v) is 4.37. The van der Waals surface area contributed by atoms with Crippen LogP contribution in [-0.4, -0.2) is 11.1 Å². The molecule has 0 aliphatic carbocycles. The molecule has 0 unspecified atom stereocenters. The molecule has 5 heteroatoms. The van der Waals surface area contributed by atoms with Gasteiger partial charge in [0, 0.05) is 17.8 Å². The first-order valence-electron chi connectivity index (χ1n) is 5.79. The van der Waals surface area contributed by atoms with E-state index in [-0.39, 0.29) is 11.6 Å². The Bertz CT molecular complexity index is 599. The molecule has 0 spiro atoms. The molecule has 0 aliphatic heterocycles. The Balaban J connectivity index is 2.12. The van der Waals surface area contributed by atoms with Crippen molar-refractivity contribution >= 4 is 11.7 Å². The number of halogens is 1. The van der Waals surface area contributed by atoms with Crippen LogP contribution in [0.3, 0.4) is 0 Å². The zero-order valence-corrected chi connectivity index (χ0v) is 10.7. The summed E-state index contributed by atoms with van der Waals surface area (Å²) in [6, 6.07) is 6.12. The van der Waals surface area contributed by atoms with Crippen LogP contribution in [-0.2, 0) is 6.54 Å². The Hall–Kier alpha value is -2.30. The molecule has 1 heterocycles. The summed E-state index contributed by atoms with van der Waals surface area (Å²) in [7, 11) is 0. The molecule has 0 radical (unpaired) electrons. The van der Waals surface area contributed by atoms with Gasteiger partial charge < -0.3 is 14.8 Å². The molecule has 0 aliphatic rings. The van der Waals surface area contributed by atoms with Crippen LogP contribution in [0.1, 0.15) is 27.4 Å². The van der Waals surface area contributed by atoms with Crippen LogP contribution in [0.5, 0.6) is 0 Å². The molecule has 2 aromatic rings. The van der Waals surface area contributed by atoms with Gasteiger partial charge in [-0.05, 0) is 43.7 Å². The molecule has 19 heavy (non-hydrogen) atoms. The minimum atomic E-state index is -1.10. The third kappa shape index (κ3) is 3.13. The van der Waals surface area contributed by atoms with Crippen molar-refractivity contribution in [1.29, 1.82) is 0 Å². The minimum absolute atomic E-state index is 0.0928. The van der Waals surface area contributed by atoms with Gasteiger partial charge in [-0.25, -0.2) is 9.18 Å². The van der Waals surface area contributed by atoms with Gasteiger partial charge in [0.25, 0.3) is 0 Å². The van der Waals surface area contributed by atoms with Crippen molar-refractivity contribution in [3.63, 3.8) is 0 Å². The van der Waals surface area contributed by atoms with Crippen LogP contribution < -0.4 is 5.32 Å². The first kappa shape index (κ1) is 13.1. The lowest BCUT2D eigenvalue weighted by atomic mass is 10.2. The Morgan fingerprint density at radius 3 is 2.63 bits per heavy atom. The van der Waals surface area contributed by atoms with E-state index in [4.69, 9.17) is 9.52 Å². The fourth-order valence-corrected chi connectivity index (χ4v) is 1.84. The highest BCUT2D eigenvalue weighted by Crippen LogP contribution is 2.18. The predicted molar refractivity (Wildman–Crippen MR) is 68.9 cm³/mol. The molecule has 0 saturated carbocycles. The van der Waals surface area contributed by atoms with Crippen LogP contribution in [0, 0.1) is 19.7 Å². The highest BCUT2D eigenvalue weighted by molar-refractivity contribution is 5.84. The normalized spacial score (nSPS) is 10.5. The Morgan fingerprint density at radius 2 is 2.05 bits per heavy atom. The molecule has 0 bridgehead atoms. The van der Waals surface area contributed by atoms with Crippen molar-refractivity contribution in [3.8, 4) is 0 Å². The number of aromatic carboxylic acids is 1. The van der Waals surface area contributed by atoms with Crippen molar-refractivity contribution in [2.75, 3.05) is 5.32 Å². The standard InChI is InChI=1S/C14H14FNO3/c1-8-3-11(15)6-12(4-8)16-7-10-5-13(14(17)18)19-9(10)2/h3-6,16H,7H2,1-2H3,(H,17,18). The van der Waals surface area contributed by atoms with Crippen molar-refractivity contribution in [3.05, 3.63) is 52.7 Å². The van der Waals surface area contributed by atoms with E-state index in [0.717, 1.165) is 11.1 Å². The lowest BCUT2D eigenvalue weighted by molar-refractivity contribution is 0.0661. The molecule has 2 rings (SSSR count). The quantitative estimate of drug-likeness (QED) is 0.888. The molecule has 0 saturated heterocycles. The lowest BCUT2D eigenvalue weighted by Gasteiger charge is -2.06. The van der Waals surface area contributed by atoms with Gasteiger partial charge in [-0.2, -0.15) is 0 Å². The van der Waals surface area contributed by atoms with Crippen LogP contribution in [0.25, 0.3) is 0 Å². The average molecular weight is 263 g/mol. The van der Waals surface area contributed by atoms with E-state index in [1.807, 2.05) is 6.07 Å². The van der Waals surface area contributed by atoms with E-state index in [2.05, 4.69) is 5.32 Å². The van der Waals surface area contributed by atoms with E-state index in [1.165, 1.54) is 18.2 Å². The van der Waals surface area contributed by atoms with E-state index in [1.54, 1.807) is 13.8 Å². The number of hydrogen-bond donors (Lipinski definition) is 2. The summed E-state index contributed by atoms with van der Waals surface area (Å²) in [5.74, 6) is -0.962. The lowest BCUT2D eigenvalue weighted by Crippen LogP contribution is -2.00. The Kier molecular flexibility index (Phi) is 3.55. The summed E-state index contributed by atoms with van der Waals surface area (Å²) in [6.07, 6.45) is 0. The van der Waals surface area contributed by atoms with E-state index in [0.29, 0.717) is 18.0 Å². The number of benzene rings is 1. The average Bonchev–Trinajstić information content (AvgIpc) is 2.67. The Morgan fingerprint density at radius 1 is 1.32 bits per heavy atom. The van der Waals surface area contributed by atoms with Gasteiger partial charge in [0.1, 0.15) is 11.6 Å². The number of anilines is 1. The number of aryl methyl sites for hydroxylation is 2. The van der Waals surface area contributed by atoms with E-state index < -0.39 is 5.97 Å². The Labute approximate surface area is 109 Å². The molecule has 1 aromatic carbocycles. The van der Waals surface area contributed by atoms with Crippen molar-refractivity contribution in [2.45, 2.75) is 20.4 Å². The molecule has 0 atom stereocenters. The number of rotatable bonds is 4. The number of hydrogen-bond acceptors (Lipinski definition) is 3. The second-order valence-electron chi connectivity index (χ2n) is 4.37. The largest absolute Gasteiger partial charge is 0.475 e. The van der Waals surface area contributed by atoms with Crippen LogP contribution in [0.2, 0.25) is 0 Å². The number of nitrogens with one attached hydrogen (secondary N) is 1. The topological polar surface area (TPSA) is 62.5 Å². The fraction of sp³-hybridized carbons (Fsp3) is 0.214. The maximum Gasteiger partial charge on any atom is 0.371 e. The summed E-state index contributed by atoms with van der Waals surface area (Å²) in [5.41, 5.74) is 2.20. The van der Waals surface area contributed by atoms with Gasteiger partial charge in [0.2, 0.25) is 5.76 Å². The van der Waals surface area contributed by atoms with E-state index in [9.17, 15) is 9.18 Å². The predicted octanol–water partition coefficient (Wildman–Crippen LogP) is 3.35. The van der Waals surface area contributed by atoms with Gasteiger partial charge in [0.05, 0.1) is 0 Å². The molecule has 0 amide bonds. The maximum absolute atomic E-state index is 13.2. The van der Waals surface area contributed by atoms with Gasteiger partial charge >= 0.3 is 5.97 Å². The monoisotopic (exact) mass is 263 g/mol.